The van der Waals surface area contributed by atoms with Crippen LogP contribution in [0, 0.1) is 5.92 Å². The molecule has 0 fully saturated rings. The first-order chi connectivity index (χ1) is 8.43. The molecule has 2 nitrogen and oxygen atoms in total. The van der Waals surface area contributed by atoms with Crippen LogP contribution in [0.1, 0.15) is 66.7 Å². The first-order valence-corrected chi connectivity index (χ1v) is 7.24. The first kappa shape index (κ1) is 17.4. The van der Waals surface area contributed by atoms with Gasteiger partial charge in [0, 0.05) is 6.61 Å². The molecule has 0 N–H and O–H groups in total. The number of hydrogen-bond acceptors (Lipinski definition) is 2. The normalized spacial score (nSPS) is 16.7. The fourth-order valence-electron chi connectivity index (χ4n) is 2.11. The Hall–Kier alpha value is -0.630. The van der Waals surface area contributed by atoms with Gasteiger partial charge < -0.3 is 4.74 Å². The number of rotatable bonds is 10. The summed E-state index contributed by atoms with van der Waals surface area (Å²) in [5.41, 5.74) is 0.0453. The van der Waals surface area contributed by atoms with Gasteiger partial charge in [-0.2, -0.15) is 0 Å². The highest BCUT2D eigenvalue weighted by molar-refractivity contribution is 5.87. The maximum absolute atomic E-state index is 10.8. The van der Waals surface area contributed by atoms with Crippen molar-refractivity contribution in [1.82, 2.24) is 0 Å². The van der Waals surface area contributed by atoms with Crippen molar-refractivity contribution in [2.24, 2.45) is 5.92 Å². The summed E-state index contributed by atoms with van der Waals surface area (Å²) in [6.45, 7) is 11.1. The molecule has 0 radical (unpaired) electrons. The molecule has 0 aromatic carbocycles. The number of carbonyl (C=O) groups excluding carboxylic acids is 1. The topological polar surface area (TPSA) is 26.3 Å². The largest absolute Gasteiger partial charge is 0.376 e. The average molecular weight is 254 g/mol. The van der Waals surface area contributed by atoms with Gasteiger partial charge in [0.15, 0.2) is 5.78 Å². The van der Waals surface area contributed by atoms with Gasteiger partial charge in [-0.15, -0.1) is 0 Å². The van der Waals surface area contributed by atoms with Gasteiger partial charge in [-0.25, -0.2) is 0 Å². The molecule has 0 heterocycles. The number of carbonyl (C=O) groups is 1. The molecule has 0 aromatic rings. The Balaban J connectivity index is 3.85. The van der Waals surface area contributed by atoms with E-state index in [1.807, 2.05) is 6.08 Å². The molecule has 2 unspecified atom stereocenters. The highest BCUT2D eigenvalue weighted by Gasteiger charge is 2.21. The van der Waals surface area contributed by atoms with E-state index in [1.165, 1.54) is 12.8 Å². The summed E-state index contributed by atoms with van der Waals surface area (Å²) >= 11 is 0. The summed E-state index contributed by atoms with van der Waals surface area (Å²) in [4.78, 5) is 10.8. The summed E-state index contributed by atoms with van der Waals surface area (Å²) in [6, 6.07) is 0. The van der Waals surface area contributed by atoms with Crippen LogP contribution in [0.15, 0.2) is 12.2 Å². The second-order valence-electron chi connectivity index (χ2n) is 5.48. The van der Waals surface area contributed by atoms with E-state index in [0.29, 0.717) is 5.92 Å². The van der Waals surface area contributed by atoms with Gasteiger partial charge in [-0.1, -0.05) is 32.8 Å². The van der Waals surface area contributed by atoms with Crippen molar-refractivity contribution in [2.45, 2.75) is 72.3 Å². The lowest BCUT2D eigenvalue weighted by molar-refractivity contribution is -0.112. The monoisotopic (exact) mass is 254 g/mol. The third kappa shape index (κ3) is 8.46. The Morgan fingerprint density at radius 2 is 2.06 bits per heavy atom. The minimum atomic E-state index is 0.0453. The lowest BCUT2D eigenvalue weighted by Crippen LogP contribution is -2.27. The Kier molecular flexibility index (Phi) is 8.99. The van der Waals surface area contributed by atoms with E-state index in [4.69, 9.17) is 4.74 Å². The first-order valence-electron chi connectivity index (χ1n) is 7.24. The molecule has 0 aromatic heterocycles. The molecule has 2 atom stereocenters. The molecule has 0 aliphatic rings. The van der Waals surface area contributed by atoms with Crippen LogP contribution < -0.4 is 0 Å². The molecule has 0 bridgehead atoms. The van der Waals surface area contributed by atoms with Crippen molar-refractivity contribution in [3.63, 3.8) is 0 Å². The third-order valence-corrected chi connectivity index (χ3v) is 3.53. The lowest BCUT2D eigenvalue weighted by atomic mass is 9.92. The molecule has 0 aliphatic carbocycles. The van der Waals surface area contributed by atoms with E-state index >= 15 is 0 Å². The number of hydrogen-bond donors (Lipinski definition) is 0. The number of allylic oxidation sites excluding steroid dienone is 2. The third-order valence-electron chi connectivity index (χ3n) is 3.53. The van der Waals surface area contributed by atoms with Crippen LogP contribution >= 0.6 is 0 Å². The SMILES string of the molecule is CCOC(C)(CC)CCCC(C)CC=CC(C)=O. The van der Waals surface area contributed by atoms with Gasteiger partial charge in [0.1, 0.15) is 0 Å². The van der Waals surface area contributed by atoms with E-state index < -0.39 is 0 Å². The highest BCUT2D eigenvalue weighted by atomic mass is 16.5. The summed E-state index contributed by atoms with van der Waals surface area (Å²) in [7, 11) is 0. The highest BCUT2D eigenvalue weighted by Crippen LogP contribution is 2.24. The molecule has 18 heavy (non-hydrogen) atoms. The van der Waals surface area contributed by atoms with E-state index in [-0.39, 0.29) is 11.4 Å². The zero-order valence-corrected chi connectivity index (χ0v) is 12.8. The minimum absolute atomic E-state index is 0.0453. The molecule has 0 rings (SSSR count). The van der Waals surface area contributed by atoms with Crippen LogP contribution in [0.5, 0.6) is 0 Å². The zero-order chi connectivity index (χ0) is 14.0. The van der Waals surface area contributed by atoms with Gasteiger partial charge in [0.25, 0.3) is 0 Å². The molecular formula is C16H30O2. The van der Waals surface area contributed by atoms with E-state index in [2.05, 4.69) is 27.7 Å². The lowest BCUT2D eigenvalue weighted by Gasteiger charge is -2.28. The molecule has 2 heteroatoms. The summed E-state index contributed by atoms with van der Waals surface area (Å²) in [6.07, 6.45) is 9.25. The van der Waals surface area contributed by atoms with Crippen molar-refractivity contribution in [1.29, 1.82) is 0 Å². The fourth-order valence-corrected chi connectivity index (χ4v) is 2.11. The van der Waals surface area contributed by atoms with E-state index in [9.17, 15) is 4.79 Å². The Morgan fingerprint density at radius 3 is 2.56 bits per heavy atom. The minimum Gasteiger partial charge on any atom is -0.376 e. The molecule has 0 spiro atoms. The fraction of sp³-hybridized carbons (Fsp3) is 0.812. The van der Waals surface area contributed by atoms with E-state index in [1.54, 1.807) is 13.0 Å². The Bertz CT molecular complexity index is 258. The van der Waals surface area contributed by atoms with Crippen molar-refractivity contribution >= 4 is 5.78 Å². The Labute approximate surface area is 113 Å². The molecule has 0 saturated heterocycles. The van der Waals surface area contributed by atoms with Gasteiger partial charge in [-0.05, 0) is 52.0 Å². The second-order valence-corrected chi connectivity index (χ2v) is 5.48. The molecule has 106 valence electrons. The van der Waals surface area contributed by atoms with Crippen LogP contribution in [0.3, 0.4) is 0 Å². The second kappa shape index (κ2) is 9.32. The van der Waals surface area contributed by atoms with Gasteiger partial charge >= 0.3 is 0 Å². The Morgan fingerprint density at radius 1 is 1.39 bits per heavy atom. The van der Waals surface area contributed by atoms with Crippen LogP contribution in [-0.4, -0.2) is 18.0 Å². The molecule has 0 aliphatic heterocycles. The summed E-state index contributed by atoms with van der Waals surface area (Å²) in [5, 5.41) is 0. The van der Waals surface area contributed by atoms with Gasteiger partial charge in [-0.3, -0.25) is 4.79 Å². The summed E-state index contributed by atoms with van der Waals surface area (Å²) in [5.74, 6) is 0.778. The van der Waals surface area contributed by atoms with Gasteiger partial charge in [0.05, 0.1) is 5.60 Å². The molecule has 0 amide bonds. The maximum Gasteiger partial charge on any atom is 0.152 e. The van der Waals surface area contributed by atoms with Crippen molar-refractivity contribution < 1.29 is 9.53 Å². The number of ketones is 1. The summed E-state index contributed by atoms with van der Waals surface area (Å²) < 4.78 is 5.81. The van der Waals surface area contributed by atoms with E-state index in [0.717, 1.165) is 25.9 Å². The van der Waals surface area contributed by atoms with Crippen LogP contribution in [0.4, 0.5) is 0 Å². The van der Waals surface area contributed by atoms with Gasteiger partial charge in [0.2, 0.25) is 0 Å². The average Bonchev–Trinajstić information content (AvgIpc) is 2.29. The quantitative estimate of drug-likeness (QED) is 0.535. The van der Waals surface area contributed by atoms with Crippen molar-refractivity contribution in [3.8, 4) is 0 Å². The standard InChI is InChI=1S/C16H30O2/c1-6-16(5,18-7-2)13-9-11-14(3)10-8-12-15(4)17/h8,12,14H,6-7,9-11,13H2,1-5H3. The van der Waals surface area contributed by atoms with Crippen LogP contribution in [-0.2, 0) is 9.53 Å². The molecule has 0 saturated carbocycles. The maximum atomic E-state index is 10.8. The predicted molar refractivity (Wildman–Crippen MR) is 77.8 cm³/mol. The van der Waals surface area contributed by atoms with Crippen molar-refractivity contribution in [3.05, 3.63) is 12.2 Å². The molecular weight excluding hydrogens is 224 g/mol. The smallest absolute Gasteiger partial charge is 0.152 e. The zero-order valence-electron chi connectivity index (χ0n) is 12.8. The number of ether oxygens (including phenoxy) is 1. The van der Waals surface area contributed by atoms with Crippen LogP contribution in [0.2, 0.25) is 0 Å². The van der Waals surface area contributed by atoms with Crippen molar-refractivity contribution in [2.75, 3.05) is 6.61 Å². The predicted octanol–water partition coefficient (Wildman–Crippen LogP) is 4.53. The van der Waals surface area contributed by atoms with Crippen LogP contribution in [0.25, 0.3) is 0 Å².